The summed E-state index contributed by atoms with van der Waals surface area (Å²) in [5.74, 6) is 5.56. The summed E-state index contributed by atoms with van der Waals surface area (Å²) in [4.78, 5) is 57.5. The highest BCUT2D eigenvalue weighted by Gasteiger charge is 2.39. The van der Waals surface area contributed by atoms with Crippen LogP contribution in [0.2, 0.25) is 0 Å². The Morgan fingerprint density at radius 2 is 1.73 bits per heavy atom. The first-order valence-electron chi connectivity index (χ1n) is 14.7. The van der Waals surface area contributed by atoms with Gasteiger partial charge in [0.05, 0.1) is 13.1 Å². The van der Waals surface area contributed by atoms with Gasteiger partial charge in [-0.2, -0.15) is 0 Å². The van der Waals surface area contributed by atoms with Crippen molar-refractivity contribution in [1.29, 1.82) is 0 Å². The summed E-state index contributed by atoms with van der Waals surface area (Å²) in [6, 6.07) is 5.56. The van der Waals surface area contributed by atoms with Crippen molar-refractivity contribution in [3.8, 4) is 11.8 Å². The number of likely N-dealkylation sites (tertiary alicyclic amines) is 1. The smallest absolute Gasteiger partial charge is 0.320 e. The molecule has 10 heteroatoms. The fourth-order valence-corrected chi connectivity index (χ4v) is 6.19. The maximum Gasteiger partial charge on any atom is 0.320 e. The van der Waals surface area contributed by atoms with Crippen LogP contribution in [0.4, 0.5) is 0 Å². The van der Waals surface area contributed by atoms with E-state index >= 15 is 0 Å². The molecule has 4 heterocycles. The Balaban J connectivity index is 1.05. The summed E-state index contributed by atoms with van der Waals surface area (Å²) in [7, 11) is 0. The second-order valence-electron chi connectivity index (χ2n) is 12.5. The van der Waals surface area contributed by atoms with Gasteiger partial charge < -0.3 is 9.64 Å². The van der Waals surface area contributed by atoms with Crippen LogP contribution >= 0.6 is 0 Å². The number of nitrogens with zero attached hydrogens (tertiary/aromatic N) is 4. The third-order valence-corrected chi connectivity index (χ3v) is 8.31. The first-order valence-corrected chi connectivity index (χ1v) is 14.7. The SMILES string of the molecule is CC(C)(C)OC(=O)CN1CCC(N2CCN(CC#Cc3ccc4c(c3)CN([C@H]3CCC(=O)NC3=O)C4=O)CC2)CC1. The molecule has 4 aliphatic rings. The minimum Gasteiger partial charge on any atom is -0.459 e. The van der Waals surface area contributed by atoms with Crippen molar-refractivity contribution >= 4 is 23.7 Å². The molecule has 0 unspecified atom stereocenters. The molecule has 0 aliphatic carbocycles. The van der Waals surface area contributed by atoms with Crippen LogP contribution < -0.4 is 5.32 Å². The van der Waals surface area contributed by atoms with Crippen LogP contribution in [0.3, 0.4) is 0 Å². The third kappa shape index (κ3) is 7.34. The summed E-state index contributed by atoms with van der Waals surface area (Å²) < 4.78 is 5.47. The van der Waals surface area contributed by atoms with Crippen molar-refractivity contribution < 1.29 is 23.9 Å². The molecule has 3 amide bonds. The van der Waals surface area contributed by atoms with E-state index in [0.29, 0.717) is 37.7 Å². The van der Waals surface area contributed by atoms with Gasteiger partial charge in [0.25, 0.3) is 5.91 Å². The molecule has 220 valence electrons. The van der Waals surface area contributed by atoms with Crippen LogP contribution in [0.5, 0.6) is 0 Å². The molecule has 3 fully saturated rings. The largest absolute Gasteiger partial charge is 0.459 e. The number of imide groups is 1. The van der Waals surface area contributed by atoms with Gasteiger partial charge in [-0.3, -0.25) is 39.2 Å². The molecular formula is C31H41N5O5. The molecular weight excluding hydrogens is 522 g/mol. The summed E-state index contributed by atoms with van der Waals surface area (Å²) in [5, 5.41) is 2.34. The fraction of sp³-hybridized carbons (Fsp3) is 0.613. The lowest BCUT2D eigenvalue weighted by Gasteiger charge is -2.42. The first kappa shape index (κ1) is 29.2. The molecule has 4 aliphatic heterocycles. The second kappa shape index (κ2) is 12.3. The van der Waals surface area contributed by atoms with Crippen LogP contribution in [-0.2, 0) is 25.7 Å². The summed E-state index contributed by atoms with van der Waals surface area (Å²) in [6.45, 7) is 13.0. The first-order chi connectivity index (χ1) is 19.6. The number of benzene rings is 1. The number of esters is 1. The third-order valence-electron chi connectivity index (χ3n) is 8.31. The van der Waals surface area contributed by atoms with Gasteiger partial charge in [-0.25, -0.2) is 0 Å². The number of hydrogen-bond donors (Lipinski definition) is 1. The molecule has 0 saturated carbocycles. The van der Waals surface area contributed by atoms with Gasteiger partial charge in [-0.1, -0.05) is 11.8 Å². The van der Waals surface area contributed by atoms with E-state index in [1.807, 2.05) is 32.9 Å². The highest BCUT2D eigenvalue weighted by atomic mass is 16.6. The molecule has 1 aromatic carbocycles. The monoisotopic (exact) mass is 563 g/mol. The second-order valence-corrected chi connectivity index (χ2v) is 12.5. The molecule has 3 saturated heterocycles. The van der Waals surface area contributed by atoms with Gasteiger partial charge in [0.2, 0.25) is 11.8 Å². The molecule has 5 rings (SSSR count). The molecule has 10 nitrogen and oxygen atoms in total. The number of carbonyl (C=O) groups is 4. The Labute approximate surface area is 242 Å². The van der Waals surface area contributed by atoms with Gasteiger partial charge in [-0.05, 0) is 63.8 Å². The number of ether oxygens (including phenoxy) is 1. The lowest BCUT2D eigenvalue weighted by molar-refractivity contribution is -0.156. The van der Waals surface area contributed by atoms with Crippen molar-refractivity contribution in [3.05, 3.63) is 34.9 Å². The Hall–Kier alpha value is -3.26. The predicted molar refractivity (Wildman–Crippen MR) is 153 cm³/mol. The lowest BCUT2D eigenvalue weighted by Crippen LogP contribution is -2.53. The average Bonchev–Trinajstić information content (AvgIpc) is 3.24. The summed E-state index contributed by atoms with van der Waals surface area (Å²) >= 11 is 0. The van der Waals surface area contributed by atoms with Gasteiger partial charge in [-0.15, -0.1) is 0 Å². The van der Waals surface area contributed by atoms with E-state index in [-0.39, 0.29) is 24.2 Å². The molecule has 1 aromatic rings. The Bertz CT molecular complexity index is 1250. The topological polar surface area (TPSA) is 102 Å². The van der Waals surface area contributed by atoms with E-state index in [1.165, 1.54) is 0 Å². The number of hydrogen-bond acceptors (Lipinski definition) is 8. The molecule has 0 spiro atoms. The molecule has 41 heavy (non-hydrogen) atoms. The molecule has 0 aromatic heterocycles. The Kier molecular flexibility index (Phi) is 8.78. The highest BCUT2D eigenvalue weighted by Crippen LogP contribution is 2.28. The van der Waals surface area contributed by atoms with Crippen LogP contribution in [0.25, 0.3) is 0 Å². The number of piperazine rings is 1. The quantitative estimate of drug-likeness (QED) is 0.324. The van der Waals surface area contributed by atoms with Crippen molar-refractivity contribution in [2.45, 2.75) is 70.7 Å². The number of nitrogens with one attached hydrogen (secondary N) is 1. The lowest BCUT2D eigenvalue weighted by atomic mass is 10.0. The minimum atomic E-state index is -0.606. The molecule has 0 radical (unpaired) electrons. The van der Waals surface area contributed by atoms with Crippen LogP contribution in [0.15, 0.2) is 18.2 Å². The predicted octanol–water partition coefficient (Wildman–Crippen LogP) is 1.22. The van der Waals surface area contributed by atoms with Gasteiger partial charge in [0, 0.05) is 69.4 Å². The zero-order valence-electron chi connectivity index (χ0n) is 24.4. The van der Waals surface area contributed by atoms with Crippen molar-refractivity contribution in [2.75, 3.05) is 52.4 Å². The average molecular weight is 564 g/mol. The van der Waals surface area contributed by atoms with E-state index in [9.17, 15) is 19.2 Å². The molecule has 1 N–H and O–H groups in total. The number of rotatable bonds is 5. The van der Waals surface area contributed by atoms with E-state index in [1.54, 1.807) is 11.0 Å². The highest BCUT2D eigenvalue weighted by molar-refractivity contribution is 6.05. The van der Waals surface area contributed by atoms with Crippen LogP contribution in [0.1, 0.15) is 67.9 Å². The van der Waals surface area contributed by atoms with E-state index in [0.717, 1.165) is 63.2 Å². The minimum absolute atomic E-state index is 0.145. The molecule has 1 atom stereocenters. The maximum atomic E-state index is 12.9. The van der Waals surface area contributed by atoms with Crippen molar-refractivity contribution in [3.63, 3.8) is 0 Å². The Morgan fingerprint density at radius 3 is 2.41 bits per heavy atom. The van der Waals surface area contributed by atoms with E-state index in [4.69, 9.17) is 4.74 Å². The van der Waals surface area contributed by atoms with Gasteiger partial charge in [0.1, 0.15) is 11.6 Å². The normalized spacial score (nSPS) is 23.1. The molecule has 0 bridgehead atoms. The fourth-order valence-electron chi connectivity index (χ4n) is 6.19. The number of piperidine rings is 2. The maximum absolute atomic E-state index is 12.9. The number of carbonyl (C=O) groups excluding carboxylic acids is 4. The van der Waals surface area contributed by atoms with Gasteiger partial charge >= 0.3 is 5.97 Å². The van der Waals surface area contributed by atoms with E-state index in [2.05, 4.69) is 31.9 Å². The van der Waals surface area contributed by atoms with Crippen LogP contribution in [0, 0.1) is 11.8 Å². The number of fused-ring (bicyclic) bond motifs is 1. The Morgan fingerprint density at radius 1 is 1.00 bits per heavy atom. The summed E-state index contributed by atoms with van der Waals surface area (Å²) in [6.07, 6.45) is 2.75. The van der Waals surface area contributed by atoms with Gasteiger partial charge in [0.15, 0.2) is 0 Å². The zero-order chi connectivity index (χ0) is 29.1. The number of amides is 3. The zero-order valence-corrected chi connectivity index (χ0v) is 24.4. The van der Waals surface area contributed by atoms with Crippen LogP contribution in [-0.4, -0.2) is 113 Å². The van der Waals surface area contributed by atoms with Crippen molar-refractivity contribution in [1.82, 2.24) is 24.9 Å². The summed E-state index contributed by atoms with van der Waals surface area (Å²) in [5.41, 5.74) is 1.89. The van der Waals surface area contributed by atoms with E-state index < -0.39 is 17.6 Å². The van der Waals surface area contributed by atoms with Crippen molar-refractivity contribution in [2.24, 2.45) is 0 Å². The standard InChI is InChI=1S/C31H41N5O5/c1-31(2,3)41-28(38)21-34-13-10-24(11-14-34)35-17-15-33(16-18-35)12-4-5-22-6-7-25-23(19-22)20-36(30(25)40)26-8-9-27(37)32-29(26)39/h6-7,19,24,26H,8-18,20-21H2,1-3H3,(H,32,37,39)/t26-/m0/s1.